The number of aryl methyl sites for hydroxylation is 1. The summed E-state index contributed by atoms with van der Waals surface area (Å²) in [6.45, 7) is 4.35. The Kier molecular flexibility index (Phi) is 3.88. The maximum Gasteiger partial charge on any atom is 0.101 e. The molecule has 3 nitrogen and oxygen atoms in total. The van der Waals surface area contributed by atoms with Gasteiger partial charge in [-0.25, -0.2) is 0 Å². The Morgan fingerprint density at radius 1 is 1.44 bits per heavy atom. The van der Waals surface area contributed by atoms with Crippen LogP contribution in [0.25, 0.3) is 0 Å². The number of anilines is 1. The van der Waals surface area contributed by atoms with Crippen molar-refractivity contribution in [3.8, 4) is 6.07 Å². The van der Waals surface area contributed by atoms with E-state index in [0.717, 1.165) is 17.8 Å². The average Bonchev–Trinajstić information content (AvgIpc) is 2.37. The molecule has 0 bridgehead atoms. The number of rotatable bonds is 2. The van der Waals surface area contributed by atoms with Gasteiger partial charge in [-0.1, -0.05) is 12.1 Å². The lowest BCUT2D eigenvalue weighted by Gasteiger charge is -2.38. The molecule has 1 unspecified atom stereocenters. The summed E-state index contributed by atoms with van der Waals surface area (Å²) in [5.74, 6) is 0. The van der Waals surface area contributed by atoms with E-state index in [1.165, 1.54) is 24.9 Å². The molecule has 0 amide bonds. The van der Waals surface area contributed by atoms with Crippen molar-refractivity contribution >= 4 is 5.69 Å². The van der Waals surface area contributed by atoms with Gasteiger partial charge >= 0.3 is 0 Å². The van der Waals surface area contributed by atoms with E-state index in [9.17, 15) is 5.26 Å². The van der Waals surface area contributed by atoms with Gasteiger partial charge in [-0.3, -0.25) is 0 Å². The van der Waals surface area contributed by atoms with Gasteiger partial charge in [0.15, 0.2) is 0 Å². The van der Waals surface area contributed by atoms with Crippen LogP contribution in [-0.4, -0.2) is 38.1 Å². The number of piperidine rings is 1. The lowest BCUT2D eigenvalue weighted by atomic mass is 10.0. The fourth-order valence-electron chi connectivity index (χ4n) is 2.86. The molecule has 0 radical (unpaired) electrons. The summed E-state index contributed by atoms with van der Waals surface area (Å²) in [6, 6.07) is 8.77. The third-order valence-corrected chi connectivity index (χ3v) is 3.86. The summed E-state index contributed by atoms with van der Waals surface area (Å²) in [5, 5.41) is 9.26. The van der Waals surface area contributed by atoms with Crippen LogP contribution in [0.15, 0.2) is 18.2 Å². The van der Waals surface area contributed by atoms with Crippen LogP contribution in [-0.2, 0) is 0 Å². The number of hydrogen-bond donors (Lipinski definition) is 0. The van der Waals surface area contributed by atoms with Gasteiger partial charge < -0.3 is 9.80 Å². The zero-order valence-electron chi connectivity index (χ0n) is 11.5. The molecule has 1 aromatic rings. The van der Waals surface area contributed by atoms with E-state index in [4.69, 9.17) is 0 Å². The molecule has 0 aromatic heterocycles. The quantitative estimate of drug-likeness (QED) is 0.799. The Morgan fingerprint density at radius 2 is 2.22 bits per heavy atom. The Labute approximate surface area is 110 Å². The summed E-state index contributed by atoms with van der Waals surface area (Å²) >= 11 is 0. The summed E-state index contributed by atoms with van der Waals surface area (Å²) in [5.41, 5.74) is 3.07. The van der Waals surface area contributed by atoms with Crippen LogP contribution in [0.1, 0.15) is 24.0 Å². The molecule has 0 spiro atoms. The molecule has 18 heavy (non-hydrogen) atoms. The van der Waals surface area contributed by atoms with Gasteiger partial charge in [0.2, 0.25) is 0 Å². The fourth-order valence-corrected chi connectivity index (χ4v) is 2.86. The zero-order valence-corrected chi connectivity index (χ0v) is 11.5. The molecule has 0 saturated carbocycles. The first-order valence-corrected chi connectivity index (χ1v) is 6.54. The van der Waals surface area contributed by atoms with Crippen LogP contribution < -0.4 is 4.90 Å². The molecule has 0 aliphatic carbocycles. The Hall–Kier alpha value is -1.53. The third-order valence-electron chi connectivity index (χ3n) is 3.86. The minimum absolute atomic E-state index is 0.511. The number of nitrogens with zero attached hydrogens (tertiary/aromatic N) is 3. The molecule has 1 aliphatic rings. The Balaban J connectivity index is 2.28. The fraction of sp³-hybridized carbons (Fsp3) is 0.533. The molecule has 1 fully saturated rings. The molecule has 1 aromatic carbocycles. The topological polar surface area (TPSA) is 30.3 Å². The van der Waals surface area contributed by atoms with Crippen molar-refractivity contribution in [1.29, 1.82) is 5.26 Å². The second-order valence-electron chi connectivity index (χ2n) is 5.25. The number of hydrogen-bond acceptors (Lipinski definition) is 3. The lowest BCUT2D eigenvalue weighted by Crippen LogP contribution is -2.45. The number of benzene rings is 1. The Bertz CT molecular complexity index is 461. The van der Waals surface area contributed by atoms with Crippen LogP contribution in [0.4, 0.5) is 5.69 Å². The number of likely N-dealkylation sites (tertiary alicyclic amines) is 1. The van der Waals surface area contributed by atoms with Gasteiger partial charge in [0.25, 0.3) is 0 Å². The lowest BCUT2D eigenvalue weighted by molar-refractivity contribution is 0.248. The molecule has 96 valence electrons. The first-order valence-electron chi connectivity index (χ1n) is 6.54. The minimum atomic E-state index is 0.511. The van der Waals surface area contributed by atoms with Crippen LogP contribution in [0.2, 0.25) is 0 Å². The highest BCUT2D eigenvalue weighted by atomic mass is 15.2. The van der Waals surface area contributed by atoms with E-state index in [0.29, 0.717) is 6.04 Å². The maximum absolute atomic E-state index is 9.26. The van der Waals surface area contributed by atoms with E-state index in [2.05, 4.69) is 43.0 Å². The van der Waals surface area contributed by atoms with Gasteiger partial charge in [0, 0.05) is 19.6 Å². The van der Waals surface area contributed by atoms with E-state index < -0.39 is 0 Å². The number of para-hydroxylation sites is 1. The van der Waals surface area contributed by atoms with E-state index in [1.807, 2.05) is 12.1 Å². The maximum atomic E-state index is 9.26. The van der Waals surface area contributed by atoms with Crippen molar-refractivity contribution < 1.29 is 0 Å². The highest BCUT2D eigenvalue weighted by Gasteiger charge is 2.23. The van der Waals surface area contributed by atoms with Gasteiger partial charge in [0.05, 0.1) is 11.3 Å². The number of likely N-dealkylation sites (N-methyl/N-ethyl adjacent to an activating group) is 2. The number of nitriles is 1. The molecular formula is C15H21N3. The zero-order chi connectivity index (χ0) is 13.1. The predicted octanol–water partition coefficient (Wildman–Crippen LogP) is 2.40. The van der Waals surface area contributed by atoms with E-state index >= 15 is 0 Å². The average molecular weight is 243 g/mol. The first-order chi connectivity index (χ1) is 8.63. The highest BCUT2D eigenvalue weighted by molar-refractivity contribution is 5.64. The molecule has 0 N–H and O–H groups in total. The van der Waals surface area contributed by atoms with Crippen molar-refractivity contribution in [2.75, 3.05) is 32.1 Å². The van der Waals surface area contributed by atoms with Gasteiger partial charge in [-0.15, -0.1) is 0 Å². The molecule has 1 saturated heterocycles. The normalized spacial score (nSPS) is 20.4. The van der Waals surface area contributed by atoms with Gasteiger partial charge in [-0.05, 0) is 45.0 Å². The summed E-state index contributed by atoms with van der Waals surface area (Å²) in [4.78, 5) is 4.67. The Morgan fingerprint density at radius 3 is 2.89 bits per heavy atom. The molecule has 3 heteroatoms. The predicted molar refractivity (Wildman–Crippen MR) is 74.8 cm³/mol. The summed E-state index contributed by atoms with van der Waals surface area (Å²) in [6.07, 6.45) is 2.44. The van der Waals surface area contributed by atoms with Crippen LogP contribution in [0, 0.1) is 18.3 Å². The molecule has 1 heterocycles. The minimum Gasteiger partial charge on any atom is -0.369 e. The summed E-state index contributed by atoms with van der Waals surface area (Å²) < 4.78 is 0. The molecular weight excluding hydrogens is 222 g/mol. The molecule has 2 rings (SSSR count). The molecule has 1 atom stereocenters. The summed E-state index contributed by atoms with van der Waals surface area (Å²) in [7, 11) is 4.29. The van der Waals surface area contributed by atoms with Crippen molar-refractivity contribution in [2.45, 2.75) is 25.8 Å². The largest absolute Gasteiger partial charge is 0.369 e. The van der Waals surface area contributed by atoms with Crippen LogP contribution in [0.3, 0.4) is 0 Å². The second-order valence-corrected chi connectivity index (χ2v) is 5.25. The van der Waals surface area contributed by atoms with Crippen LogP contribution >= 0.6 is 0 Å². The van der Waals surface area contributed by atoms with E-state index in [-0.39, 0.29) is 0 Å². The van der Waals surface area contributed by atoms with Crippen molar-refractivity contribution in [1.82, 2.24) is 4.90 Å². The monoisotopic (exact) mass is 243 g/mol. The van der Waals surface area contributed by atoms with E-state index in [1.54, 1.807) is 0 Å². The van der Waals surface area contributed by atoms with Crippen molar-refractivity contribution in [2.24, 2.45) is 0 Å². The molecule has 1 aliphatic heterocycles. The first kappa shape index (κ1) is 12.9. The smallest absolute Gasteiger partial charge is 0.101 e. The van der Waals surface area contributed by atoms with Gasteiger partial charge in [-0.2, -0.15) is 5.26 Å². The SMILES string of the molecule is Cc1cccc(C#N)c1N(C)C1CCCN(C)C1. The van der Waals surface area contributed by atoms with Crippen LogP contribution in [0.5, 0.6) is 0 Å². The van der Waals surface area contributed by atoms with Crippen molar-refractivity contribution in [3.05, 3.63) is 29.3 Å². The van der Waals surface area contributed by atoms with Gasteiger partial charge in [0.1, 0.15) is 6.07 Å². The third kappa shape index (κ3) is 2.49. The highest BCUT2D eigenvalue weighted by Crippen LogP contribution is 2.27. The van der Waals surface area contributed by atoms with Crippen molar-refractivity contribution in [3.63, 3.8) is 0 Å². The second kappa shape index (κ2) is 5.41. The standard InChI is InChI=1S/C15H21N3/c1-12-6-4-7-13(10-16)15(12)18(3)14-8-5-9-17(2)11-14/h4,6-7,14H,5,8-9,11H2,1-3H3.